The molecule has 8 heteroatoms. The highest BCUT2D eigenvalue weighted by atomic mass is 127. The van der Waals surface area contributed by atoms with Crippen LogP contribution in [0.15, 0.2) is 35.3 Å². The number of likely N-dealkylation sites (N-methyl/N-ethyl adjacent to an activating group) is 1. The van der Waals surface area contributed by atoms with E-state index in [0.29, 0.717) is 0 Å². The molecule has 3 rings (SSSR count). The van der Waals surface area contributed by atoms with Gasteiger partial charge in [0.1, 0.15) is 11.6 Å². The molecule has 1 aromatic heterocycles. The van der Waals surface area contributed by atoms with Crippen molar-refractivity contribution in [2.75, 3.05) is 32.7 Å². The zero-order valence-electron chi connectivity index (χ0n) is 19.9. The third-order valence-electron chi connectivity index (χ3n) is 6.03. The average Bonchev–Trinajstić information content (AvgIpc) is 3.02. The number of halogens is 1. The second-order valence-electron chi connectivity index (χ2n) is 8.04. The van der Waals surface area contributed by atoms with E-state index < -0.39 is 0 Å². The molecule has 32 heavy (non-hydrogen) atoms. The number of rotatable bonds is 10. The second-order valence-corrected chi connectivity index (χ2v) is 8.04. The molecule has 0 fully saturated rings. The number of benzene rings is 1. The van der Waals surface area contributed by atoms with Crippen LogP contribution in [0.1, 0.15) is 63.3 Å². The SMILES string of the molecule is CCNC(=NCC(c1ccccc1)N(CC)CC)NCCc1nnc2n1CCCCC2.I. The highest BCUT2D eigenvalue weighted by Crippen LogP contribution is 2.20. The van der Waals surface area contributed by atoms with Crippen LogP contribution >= 0.6 is 24.0 Å². The molecule has 1 atom stereocenters. The summed E-state index contributed by atoms with van der Waals surface area (Å²) in [4.78, 5) is 7.40. The highest BCUT2D eigenvalue weighted by Gasteiger charge is 2.18. The lowest BCUT2D eigenvalue weighted by Gasteiger charge is -2.29. The lowest BCUT2D eigenvalue weighted by molar-refractivity contribution is 0.224. The largest absolute Gasteiger partial charge is 0.357 e. The van der Waals surface area contributed by atoms with Crippen molar-refractivity contribution in [1.82, 2.24) is 30.3 Å². The van der Waals surface area contributed by atoms with E-state index in [0.717, 1.165) is 69.7 Å². The van der Waals surface area contributed by atoms with Crippen LogP contribution < -0.4 is 10.6 Å². The maximum absolute atomic E-state index is 4.94. The van der Waals surface area contributed by atoms with Gasteiger partial charge in [-0.2, -0.15) is 0 Å². The summed E-state index contributed by atoms with van der Waals surface area (Å²) >= 11 is 0. The summed E-state index contributed by atoms with van der Waals surface area (Å²) in [6.45, 7) is 12.0. The molecule has 1 aliphatic heterocycles. The van der Waals surface area contributed by atoms with E-state index in [1.807, 2.05) is 0 Å². The van der Waals surface area contributed by atoms with E-state index in [9.17, 15) is 0 Å². The number of hydrogen-bond acceptors (Lipinski definition) is 4. The molecule has 0 saturated carbocycles. The Morgan fingerprint density at radius 2 is 1.84 bits per heavy atom. The molecule has 0 amide bonds. The summed E-state index contributed by atoms with van der Waals surface area (Å²) in [5.41, 5.74) is 1.32. The summed E-state index contributed by atoms with van der Waals surface area (Å²) in [5.74, 6) is 3.11. The van der Waals surface area contributed by atoms with Gasteiger partial charge in [-0.25, -0.2) is 0 Å². The second kappa shape index (κ2) is 14.5. The maximum Gasteiger partial charge on any atom is 0.191 e. The zero-order chi connectivity index (χ0) is 21.9. The van der Waals surface area contributed by atoms with Crippen LogP contribution in [0.2, 0.25) is 0 Å². The molecular formula is C24H40IN7. The van der Waals surface area contributed by atoms with Gasteiger partial charge in [0.05, 0.1) is 12.6 Å². The number of aromatic nitrogens is 3. The fraction of sp³-hybridized carbons (Fsp3) is 0.625. The van der Waals surface area contributed by atoms with Crippen LogP contribution in [0.4, 0.5) is 0 Å². The van der Waals surface area contributed by atoms with Crippen molar-refractivity contribution in [1.29, 1.82) is 0 Å². The first-order chi connectivity index (χ1) is 15.3. The number of aryl methyl sites for hydroxylation is 1. The monoisotopic (exact) mass is 553 g/mol. The molecule has 1 aromatic carbocycles. The van der Waals surface area contributed by atoms with Crippen molar-refractivity contribution in [2.24, 2.45) is 4.99 Å². The van der Waals surface area contributed by atoms with Gasteiger partial charge in [0.15, 0.2) is 5.96 Å². The molecule has 2 heterocycles. The van der Waals surface area contributed by atoms with Crippen molar-refractivity contribution in [2.45, 2.75) is 65.5 Å². The molecule has 0 aliphatic carbocycles. The van der Waals surface area contributed by atoms with Gasteiger partial charge in [0.2, 0.25) is 0 Å². The van der Waals surface area contributed by atoms with Crippen molar-refractivity contribution >= 4 is 29.9 Å². The predicted molar refractivity (Wildman–Crippen MR) is 143 cm³/mol. The van der Waals surface area contributed by atoms with E-state index >= 15 is 0 Å². The van der Waals surface area contributed by atoms with Crippen molar-refractivity contribution in [3.8, 4) is 0 Å². The van der Waals surface area contributed by atoms with E-state index in [2.05, 4.69) is 81.4 Å². The number of nitrogens with one attached hydrogen (secondary N) is 2. The number of guanidine groups is 1. The first-order valence-corrected chi connectivity index (χ1v) is 12.0. The smallest absolute Gasteiger partial charge is 0.191 e. The lowest BCUT2D eigenvalue weighted by atomic mass is 10.1. The standard InChI is InChI=1S/C24H39N7.HI/c1-4-25-24(26-17-16-23-29-28-22-15-11-8-12-18-31(22)23)27-19-21(30(5-2)6-3)20-13-9-7-10-14-20;/h7,9-10,13-14,21H,4-6,8,11-12,15-19H2,1-3H3,(H2,25,26,27);1H. The van der Waals surface area contributed by atoms with Gasteiger partial charge < -0.3 is 15.2 Å². The Kier molecular flexibility index (Phi) is 12.0. The zero-order valence-corrected chi connectivity index (χ0v) is 22.2. The summed E-state index contributed by atoms with van der Waals surface area (Å²) in [6, 6.07) is 11.0. The van der Waals surface area contributed by atoms with Gasteiger partial charge in [-0.1, -0.05) is 50.6 Å². The van der Waals surface area contributed by atoms with E-state index in [-0.39, 0.29) is 30.0 Å². The number of aliphatic imine (C=N–C) groups is 1. The summed E-state index contributed by atoms with van der Waals surface area (Å²) < 4.78 is 2.32. The Balaban J connectivity index is 0.00000363. The van der Waals surface area contributed by atoms with Gasteiger partial charge >= 0.3 is 0 Å². The van der Waals surface area contributed by atoms with Crippen molar-refractivity contribution < 1.29 is 0 Å². The number of hydrogen-bond donors (Lipinski definition) is 2. The first kappa shape index (κ1) is 26.6. The summed E-state index contributed by atoms with van der Waals surface area (Å²) in [6.07, 6.45) is 5.64. The molecule has 2 N–H and O–H groups in total. The Labute approximate surface area is 210 Å². The molecule has 1 aliphatic rings. The maximum atomic E-state index is 4.94. The number of fused-ring (bicyclic) bond motifs is 1. The molecule has 0 radical (unpaired) electrons. The van der Waals surface area contributed by atoms with Crippen LogP contribution in [0.25, 0.3) is 0 Å². The van der Waals surface area contributed by atoms with E-state index in [1.54, 1.807) is 0 Å². The minimum atomic E-state index is 0. The Hall–Kier alpha value is -1.68. The Morgan fingerprint density at radius 3 is 2.56 bits per heavy atom. The fourth-order valence-electron chi connectivity index (χ4n) is 4.31. The summed E-state index contributed by atoms with van der Waals surface area (Å²) in [7, 11) is 0. The predicted octanol–water partition coefficient (Wildman–Crippen LogP) is 3.80. The van der Waals surface area contributed by atoms with E-state index in [1.165, 1.54) is 24.8 Å². The van der Waals surface area contributed by atoms with Gasteiger partial charge in [-0.15, -0.1) is 34.2 Å². The Bertz CT molecular complexity index is 802. The van der Waals surface area contributed by atoms with Gasteiger partial charge in [-0.3, -0.25) is 9.89 Å². The molecular weight excluding hydrogens is 513 g/mol. The quantitative estimate of drug-likeness (QED) is 0.266. The summed E-state index contributed by atoms with van der Waals surface area (Å²) in [5, 5.41) is 15.8. The van der Waals surface area contributed by atoms with Crippen LogP contribution in [-0.2, 0) is 19.4 Å². The molecule has 2 aromatic rings. The van der Waals surface area contributed by atoms with Gasteiger partial charge in [0.25, 0.3) is 0 Å². The van der Waals surface area contributed by atoms with Crippen molar-refractivity contribution in [3.63, 3.8) is 0 Å². The topological polar surface area (TPSA) is 70.4 Å². The molecule has 0 spiro atoms. The molecule has 0 saturated heterocycles. The fourth-order valence-corrected chi connectivity index (χ4v) is 4.31. The normalized spacial score (nSPS) is 14.9. The molecule has 178 valence electrons. The average molecular weight is 554 g/mol. The molecule has 7 nitrogen and oxygen atoms in total. The minimum Gasteiger partial charge on any atom is -0.357 e. The van der Waals surface area contributed by atoms with Crippen LogP contribution in [-0.4, -0.2) is 58.3 Å². The van der Waals surface area contributed by atoms with Gasteiger partial charge in [-0.05, 0) is 38.4 Å². The van der Waals surface area contributed by atoms with Crippen LogP contribution in [0.5, 0.6) is 0 Å². The molecule has 1 unspecified atom stereocenters. The van der Waals surface area contributed by atoms with Crippen molar-refractivity contribution in [3.05, 3.63) is 47.5 Å². The first-order valence-electron chi connectivity index (χ1n) is 12.0. The van der Waals surface area contributed by atoms with E-state index in [4.69, 9.17) is 4.99 Å². The third kappa shape index (κ3) is 7.43. The third-order valence-corrected chi connectivity index (χ3v) is 6.03. The highest BCUT2D eigenvalue weighted by molar-refractivity contribution is 14.0. The van der Waals surface area contributed by atoms with Crippen LogP contribution in [0, 0.1) is 0 Å². The lowest BCUT2D eigenvalue weighted by Crippen LogP contribution is -2.39. The minimum absolute atomic E-state index is 0. The van der Waals surface area contributed by atoms with Crippen LogP contribution in [0.3, 0.4) is 0 Å². The Morgan fingerprint density at radius 1 is 1.06 bits per heavy atom. The number of nitrogens with zero attached hydrogens (tertiary/aromatic N) is 5. The van der Waals surface area contributed by atoms with Gasteiger partial charge in [0, 0.05) is 32.5 Å². The molecule has 0 bridgehead atoms.